The second-order valence-corrected chi connectivity index (χ2v) is 6.24. The summed E-state index contributed by atoms with van der Waals surface area (Å²) < 4.78 is 4.96. The number of carbonyl (C=O) groups is 1. The first-order valence-corrected chi connectivity index (χ1v) is 7.25. The lowest BCUT2D eigenvalue weighted by Gasteiger charge is -2.32. The van der Waals surface area contributed by atoms with Crippen LogP contribution in [0.4, 0.5) is 5.69 Å². The van der Waals surface area contributed by atoms with Gasteiger partial charge in [-0.3, -0.25) is 0 Å². The van der Waals surface area contributed by atoms with E-state index < -0.39 is 5.54 Å². The number of esters is 1. The molecule has 1 saturated heterocycles. The minimum atomic E-state index is -0.632. The van der Waals surface area contributed by atoms with E-state index >= 15 is 0 Å². The maximum atomic E-state index is 12.1. The van der Waals surface area contributed by atoms with Gasteiger partial charge in [-0.1, -0.05) is 18.5 Å². The molecule has 1 heterocycles. The fraction of sp³-hybridized carbons (Fsp3) is 0.462. The third-order valence-corrected chi connectivity index (χ3v) is 4.91. The van der Waals surface area contributed by atoms with Crippen molar-refractivity contribution in [3.05, 3.63) is 29.3 Å². The van der Waals surface area contributed by atoms with Crippen molar-refractivity contribution in [2.45, 2.75) is 24.1 Å². The molecular formula is C13H16ClNO2S. The lowest BCUT2D eigenvalue weighted by molar-refractivity contribution is -0.145. The number of hydrogen-bond donors (Lipinski definition) is 1. The van der Waals surface area contributed by atoms with Gasteiger partial charge in [0.15, 0.2) is 0 Å². The van der Waals surface area contributed by atoms with Crippen LogP contribution in [0.2, 0.25) is 5.02 Å². The molecule has 1 aliphatic heterocycles. The number of carbonyl (C=O) groups excluding carboxylic acids is 1. The highest BCUT2D eigenvalue weighted by Crippen LogP contribution is 2.39. The third-order valence-electron chi connectivity index (χ3n) is 3.32. The number of anilines is 1. The van der Waals surface area contributed by atoms with Gasteiger partial charge in [-0.25, -0.2) is 4.79 Å². The minimum absolute atomic E-state index is 0.181. The molecule has 1 aromatic carbocycles. The Morgan fingerprint density at radius 1 is 1.50 bits per heavy atom. The van der Waals surface area contributed by atoms with Crippen molar-refractivity contribution >= 4 is 35.0 Å². The molecule has 2 rings (SSSR count). The van der Waals surface area contributed by atoms with Crippen molar-refractivity contribution in [2.24, 2.45) is 0 Å². The van der Waals surface area contributed by atoms with E-state index in [0.717, 1.165) is 17.9 Å². The fourth-order valence-electron chi connectivity index (χ4n) is 2.20. The normalized spacial score (nSPS) is 26.9. The Balaban J connectivity index is 2.26. The third kappa shape index (κ3) is 2.45. The monoisotopic (exact) mass is 285 g/mol. The summed E-state index contributed by atoms with van der Waals surface area (Å²) in [6, 6.07) is 7.37. The summed E-state index contributed by atoms with van der Waals surface area (Å²) in [5.74, 6) is 0.756. The fourth-order valence-corrected chi connectivity index (χ4v) is 3.68. The molecule has 18 heavy (non-hydrogen) atoms. The number of rotatable bonds is 3. The zero-order chi connectivity index (χ0) is 13.2. The van der Waals surface area contributed by atoms with Gasteiger partial charge < -0.3 is 10.1 Å². The average molecular weight is 286 g/mol. The highest BCUT2D eigenvalue weighted by Gasteiger charge is 2.48. The molecule has 5 heteroatoms. The highest BCUT2D eigenvalue weighted by molar-refractivity contribution is 8.00. The lowest BCUT2D eigenvalue weighted by atomic mass is 9.92. The van der Waals surface area contributed by atoms with Gasteiger partial charge in [0.25, 0.3) is 0 Å². The molecule has 0 radical (unpaired) electrons. The summed E-state index contributed by atoms with van der Waals surface area (Å²) in [5, 5.41) is 4.19. The number of benzene rings is 1. The summed E-state index contributed by atoms with van der Waals surface area (Å²) in [6.07, 6.45) is 0.772. The van der Waals surface area contributed by atoms with Crippen LogP contribution in [0.5, 0.6) is 0 Å². The van der Waals surface area contributed by atoms with E-state index in [2.05, 4.69) is 12.2 Å². The zero-order valence-electron chi connectivity index (χ0n) is 10.4. The molecule has 1 N–H and O–H groups in total. The molecule has 2 unspecified atom stereocenters. The van der Waals surface area contributed by atoms with E-state index in [1.54, 1.807) is 11.8 Å². The number of nitrogens with one attached hydrogen (secondary N) is 1. The summed E-state index contributed by atoms with van der Waals surface area (Å²) >= 11 is 7.64. The lowest BCUT2D eigenvalue weighted by Crippen LogP contribution is -2.51. The predicted molar refractivity (Wildman–Crippen MR) is 76.4 cm³/mol. The van der Waals surface area contributed by atoms with E-state index in [0.29, 0.717) is 5.02 Å². The number of thioether (sulfide) groups is 1. The highest BCUT2D eigenvalue weighted by atomic mass is 35.5. The van der Waals surface area contributed by atoms with Crippen LogP contribution >= 0.6 is 23.4 Å². The largest absolute Gasteiger partial charge is 0.467 e. The van der Waals surface area contributed by atoms with Crippen molar-refractivity contribution in [3.63, 3.8) is 0 Å². The van der Waals surface area contributed by atoms with Gasteiger partial charge in [-0.2, -0.15) is 11.8 Å². The van der Waals surface area contributed by atoms with Crippen LogP contribution in [0.15, 0.2) is 24.3 Å². The molecule has 2 atom stereocenters. The number of ether oxygens (including phenoxy) is 1. The molecule has 0 amide bonds. The first-order valence-electron chi connectivity index (χ1n) is 5.82. The van der Waals surface area contributed by atoms with Gasteiger partial charge in [0, 0.05) is 16.0 Å². The van der Waals surface area contributed by atoms with E-state index in [-0.39, 0.29) is 11.2 Å². The van der Waals surface area contributed by atoms with E-state index in [1.807, 2.05) is 24.3 Å². The Morgan fingerprint density at radius 2 is 2.17 bits per heavy atom. The zero-order valence-corrected chi connectivity index (χ0v) is 12.0. The first kappa shape index (κ1) is 13.6. The molecule has 0 spiro atoms. The Labute approximate surface area is 116 Å². The second-order valence-electron chi connectivity index (χ2n) is 4.36. The number of hydrogen-bond acceptors (Lipinski definition) is 4. The Morgan fingerprint density at radius 3 is 2.67 bits per heavy atom. The van der Waals surface area contributed by atoms with Crippen LogP contribution in [0.1, 0.15) is 13.3 Å². The second kappa shape index (κ2) is 5.41. The number of halogens is 1. The van der Waals surface area contributed by atoms with E-state index in [4.69, 9.17) is 16.3 Å². The van der Waals surface area contributed by atoms with E-state index in [9.17, 15) is 4.79 Å². The molecule has 1 aromatic rings. The standard InChI is InChI=1S/C13H16ClNO2S/c1-9-13(7-8-18-9,12(16)17-2)15-11-5-3-10(14)4-6-11/h3-6,9,15H,7-8H2,1-2H3. The van der Waals surface area contributed by atoms with Crippen LogP contribution in [-0.4, -0.2) is 29.6 Å². The van der Waals surface area contributed by atoms with Crippen molar-refractivity contribution in [3.8, 4) is 0 Å². The van der Waals surface area contributed by atoms with Gasteiger partial charge in [-0.15, -0.1) is 0 Å². The van der Waals surface area contributed by atoms with Crippen LogP contribution < -0.4 is 5.32 Å². The van der Waals surface area contributed by atoms with Gasteiger partial charge in [-0.05, 0) is 36.4 Å². The van der Waals surface area contributed by atoms with Crippen molar-refractivity contribution in [2.75, 3.05) is 18.2 Å². The SMILES string of the molecule is COC(=O)C1(Nc2ccc(Cl)cc2)CCSC1C. The summed E-state index contributed by atoms with van der Waals surface area (Å²) in [7, 11) is 1.43. The molecule has 0 saturated carbocycles. The molecule has 1 aliphatic rings. The van der Waals surface area contributed by atoms with Gasteiger partial charge in [0.1, 0.15) is 5.54 Å². The van der Waals surface area contributed by atoms with Gasteiger partial charge in [0.05, 0.1) is 7.11 Å². The van der Waals surface area contributed by atoms with Crippen LogP contribution in [0.3, 0.4) is 0 Å². The average Bonchev–Trinajstić information content (AvgIpc) is 2.74. The quantitative estimate of drug-likeness (QED) is 0.866. The van der Waals surface area contributed by atoms with Gasteiger partial charge >= 0.3 is 5.97 Å². The Bertz CT molecular complexity index is 437. The maximum Gasteiger partial charge on any atom is 0.332 e. The van der Waals surface area contributed by atoms with Crippen molar-refractivity contribution in [1.29, 1.82) is 0 Å². The Hall–Kier alpha value is -0.870. The molecule has 1 fully saturated rings. The predicted octanol–water partition coefficient (Wildman–Crippen LogP) is 3.19. The maximum absolute atomic E-state index is 12.1. The molecular weight excluding hydrogens is 270 g/mol. The van der Waals surface area contributed by atoms with Gasteiger partial charge in [0.2, 0.25) is 0 Å². The first-order chi connectivity index (χ1) is 8.58. The molecule has 0 aliphatic carbocycles. The van der Waals surface area contributed by atoms with Crippen LogP contribution in [-0.2, 0) is 9.53 Å². The van der Waals surface area contributed by atoms with Crippen molar-refractivity contribution < 1.29 is 9.53 Å². The molecule has 0 aromatic heterocycles. The smallest absolute Gasteiger partial charge is 0.332 e. The summed E-state index contributed by atoms with van der Waals surface area (Å²) in [4.78, 5) is 12.1. The van der Waals surface area contributed by atoms with Crippen LogP contribution in [0.25, 0.3) is 0 Å². The Kier molecular flexibility index (Phi) is 4.07. The number of methoxy groups -OCH3 is 1. The topological polar surface area (TPSA) is 38.3 Å². The van der Waals surface area contributed by atoms with Crippen molar-refractivity contribution in [1.82, 2.24) is 0 Å². The molecule has 3 nitrogen and oxygen atoms in total. The minimum Gasteiger partial charge on any atom is -0.467 e. The molecule has 98 valence electrons. The summed E-state index contributed by atoms with van der Waals surface area (Å²) in [5.41, 5.74) is 0.256. The summed E-state index contributed by atoms with van der Waals surface area (Å²) in [6.45, 7) is 2.05. The van der Waals surface area contributed by atoms with E-state index in [1.165, 1.54) is 7.11 Å². The molecule has 0 bridgehead atoms. The van der Waals surface area contributed by atoms with Crippen LogP contribution in [0, 0.1) is 0 Å².